The average molecular weight is 343 g/mol. The number of aldehydes is 1. The lowest BCUT2D eigenvalue weighted by molar-refractivity contribution is -0.114. The molecule has 1 unspecified atom stereocenters. The van der Waals surface area contributed by atoms with Gasteiger partial charge in [-0.2, -0.15) is 0 Å². The van der Waals surface area contributed by atoms with E-state index in [1.165, 1.54) is 12.1 Å². The van der Waals surface area contributed by atoms with E-state index in [0.717, 1.165) is 5.56 Å². The van der Waals surface area contributed by atoms with Crippen LogP contribution in [0, 0.1) is 12.7 Å². The van der Waals surface area contributed by atoms with Gasteiger partial charge in [-0.05, 0) is 49.9 Å². The van der Waals surface area contributed by atoms with Gasteiger partial charge in [-0.25, -0.2) is 14.2 Å². The van der Waals surface area contributed by atoms with E-state index in [2.05, 4.69) is 4.98 Å². The van der Waals surface area contributed by atoms with Crippen LogP contribution in [0.5, 0.6) is 5.88 Å². The maximum atomic E-state index is 14.5. The normalized spacial score (nSPS) is 15.9. The number of fused-ring (bicyclic) bond motifs is 1. The summed E-state index contributed by atoms with van der Waals surface area (Å²) in [6.45, 7) is 3.69. The lowest BCUT2D eigenvalue weighted by Gasteiger charge is -2.24. The predicted molar refractivity (Wildman–Crippen MR) is 89.1 cm³/mol. The molecule has 0 N–H and O–H groups in total. The van der Waals surface area contributed by atoms with Gasteiger partial charge >= 0.3 is 5.97 Å². The van der Waals surface area contributed by atoms with E-state index in [0.29, 0.717) is 35.8 Å². The lowest BCUT2D eigenvalue weighted by Crippen LogP contribution is -2.26. The Morgan fingerprint density at radius 2 is 2.20 bits per heavy atom. The zero-order valence-corrected chi connectivity index (χ0v) is 14.0. The Labute approximate surface area is 144 Å². The first-order valence-electron chi connectivity index (χ1n) is 8.13. The number of ether oxygens (including phenoxy) is 2. The molecule has 2 heterocycles. The second-order valence-electron chi connectivity index (χ2n) is 5.87. The van der Waals surface area contributed by atoms with Crippen LogP contribution < -0.4 is 4.74 Å². The topological polar surface area (TPSA) is 65.5 Å². The Balaban J connectivity index is 2.17. The first kappa shape index (κ1) is 17.1. The molecule has 1 aromatic carbocycles. The number of carbonyl (C=O) groups is 2. The molecule has 5 nitrogen and oxygen atoms in total. The summed E-state index contributed by atoms with van der Waals surface area (Å²) in [5.74, 6) is -0.819. The van der Waals surface area contributed by atoms with E-state index in [1.54, 1.807) is 26.0 Å². The number of rotatable bonds is 4. The van der Waals surface area contributed by atoms with Crippen molar-refractivity contribution in [3.8, 4) is 17.0 Å². The van der Waals surface area contributed by atoms with Gasteiger partial charge in [0.05, 0.1) is 6.61 Å². The molecule has 3 rings (SSSR count). The van der Waals surface area contributed by atoms with Crippen molar-refractivity contribution in [2.24, 2.45) is 0 Å². The minimum Gasteiger partial charge on any atom is -0.466 e. The minimum atomic E-state index is -0.617. The van der Waals surface area contributed by atoms with Crippen LogP contribution >= 0.6 is 0 Å². The number of nitrogens with zero attached hydrogens (tertiary/aromatic N) is 1. The van der Waals surface area contributed by atoms with Crippen LogP contribution in [0.3, 0.4) is 0 Å². The number of pyridine rings is 1. The monoisotopic (exact) mass is 343 g/mol. The summed E-state index contributed by atoms with van der Waals surface area (Å²) in [7, 11) is 0. The summed E-state index contributed by atoms with van der Waals surface area (Å²) in [6.07, 6.45) is 1.08. The molecule has 0 spiro atoms. The molecular weight excluding hydrogens is 325 g/mol. The van der Waals surface area contributed by atoms with Gasteiger partial charge in [-0.1, -0.05) is 12.1 Å². The van der Waals surface area contributed by atoms with E-state index in [9.17, 15) is 14.0 Å². The third-order valence-corrected chi connectivity index (χ3v) is 4.08. The highest BCUT2D eigenvalue weighted by atomic mass is 19.1. The van der Waals surface area contributed by atoms with Crippen molar-refractivity contribution in [2.75, 3.05) is 6.61 Å². The molecule has 2 aromatic rings. The first-order valence-corrected chi connectivity index (χ1v) is 8.13. The van der Waals surface area contributed by atoms with Crippen LogP contribution in [0.1, 0.15) is 35.0 Å². The number of benzene rings is 1. The number of aryl methyl sites for hydroxylation is 1. The number of aromatic nitrogens is 1. The number of hydrogen-bond donors (Lipinski definition) is 0. The number of carbonyl (C=O) groups excluding carboxylic acids is 2. The van der Waals surface area contributed by atoms with Crippen LogP contribution in [0.15, 0.2) is 24.3 Å². The average Bonchev–Trinajstić information content (AvgIpc) is 2.60. The van der Waals surface area contributed by atoms with Crippen molar-refractivity contribution < 1.29 is 23.5 Å². The summed E-state index contributed by atoms with van der Waals surface area (Å²) < 4.78 is 25.1. The molecule has 0 saturated carbocycles. The molecule has 0 radical (unpaired) electrons. The highest BCUT2D eigenvalue weighted by Gasteiger charge is 2.27. The van der Waals surface area contributed by atoms with E-state index in [4.69, 9.17) is 9.47 Å². The van der Waals surface area contributed by atoms with E-state index in [-0.39, 0.29) is 24.0 Å². The molecule has 1 atom stereocenters. The largest absolute Gasteiger partial charge is 0.466 e. The van der Waals surface area contributed by atoms with Crippen molar-refractivity contribution in [3.63, 3.8) is 0 Å². The van der Waals surface area contributed by atoms with Crippen molar-refractivity contribution in [1.82, 2.24) is 4.98 Å². The third-order valence-electron chi connectivity index (χ3n) is 4.08. The maximum Gasteiger partial charge on any atom is 0.357 e. The molecule has 0 bridgehead atoms. The van der Waals surface area contributed by atoms with Crippen LogP contribution in [-0.2, 0) is 16.0 Å². The SMILES string of the molecule is CCOC(=O)c1cc(-c2ccc(C)cc2F)c2c(n1)OC(C=O)CC2. The van der Waals surface area contributed by atoms with Crippen LogP contribution in [-0.4, -0.2) is 30.0 Å². The van der Waals surface area contributed by atoms with Crippen LogP contribution in [0.4, 0.5) is 4.39 Å². The Hall–Kier alpha value is -2.76. The number of halogens is 1. The number of esters is 1. The molecular formula is C19H18FNO4. The molecule has 6 heteroatoms. The van der Waals surface area contributed by atoms with E-state index < -0.39 is 12.1 Å². The van der Waals surface area contributed by atoms with E-state index >= 15 is 0 Å². The molecule has 0 fully saturated rings. The summed E-state index contributed by atoms with van der Waals surface area (Å²) in [6, 6.07) is 6.42. The Bertz CT molecular complexity index is 834. The molecule has 25 heavy (non-hydrogen) atoms. The fourth-order valence-electron chi connectivity index (χ4n) is 2.86. The van der Waals surface area contributed by atoms with Gasteiger partial charge in [0.15, 0.2) is 18.1 Å². The second kappa shape index (κ2) is 7.01. The van der Waals surface area contributed by atoms with Crippen molar-refractivity contribution in [3.05, 3.63) is 46.9 Å². The third kappa shape index (κ3) is 3.38. The molecule has 130 valence electrons. The zero-order valence-electron chi connectivity index (χ0n) is 14.0. The first-order chi connectivity index (χ1) is 12.0. The van der Waals surface area contributed by atoms with Gasteiger partial charge in [-0.3, -0.25) is 4.79 Å². The van der Waals surface area contributed by atoms with Gasteiger partial charge in [0.1, 0.15) is 5.82 Å². The summed E-state index contributed by atoms with van der Waals surface area (Å²) in [4.78, 5) is 27.3. The maximum absolute atomic E-state index is 14.5. The molecule has 0 saturated heterocycles. The molecule has 0 aliphatic carbocycles. The van der Waals surface area contributed by atoms with Crippen molar-refractivity contribution in [2.45, 2.75) is 32.8 Å². The Morgan fingerprint density at radius 3 is 2.88 bits per heavy atom. The van der Waals surface area contributed by atoms with Crippen molar-refractivity contribution >= 4 is 12.3 Å². The van der Waals surface area contributed by atoms with Gasteiger partial charge < -0.3 is 9.47 Å². The smallest absolute Gasteiger partial charge is 0.357 e. The fourth-order valence-corrected chi connectivity index (χ4v) is 2.86. The Kier molecular flexibility index (Phi) is 4.79. The van der Waals surface area contributed by atoms with Gasteiger partial charge in [0.2, 0.25) is 5.88 Å². The standard InChI is InChI=1S/C19H18FNO4/c1-3-24-19(23)17-9-15(13-6-4-11(2)8-16(13)20)14-7-5-12(10-22)25-18(14)21-17/h4,6,8-10,12H,3,5,7H2,1-2H3. The Morgan fingerprint density at radius 1 is 1.40 bits per heavy atom. The summed E-state index contributed by atoms with van der Waals surface area (Å²) >= 11 is 0. The fraction of sp³-hybridized carbons (Fsp3) is 0.316. The molecule has 1 aliphatic heterocycles. The highest BCUT2D eigenvalue weighted by Crippen LogP contribution is 2.36. The lowest BCUT2D eigenvalue weighted by atomic mass is 9.93. The van der Waals surface area contributed by atoms with Crippen LogP contribution in [0.2, 0.25) is 0 Å². The summed E-state index contributed by atoms with van der Waals surface area (Å²) in [5.41, 5.74) is 2.42. The van der Waals surface area contributed by atoms with Gasteiger partial charge in [0, 0.05) is 11.1 Å². The molecule has 1 aliphatic rings. The quantitative estimate of drug-likeness (QED) is 0.630. The van der Waals surface area contributed by atoms with Crippen LogP contribution in [0.25, 0.3) is 11.1 Å². The van der Waals surface area contributed by atoms with Crippen molar-refractivity contribution in [1.29, 1.82) is 0 Å². The van der Waals surface area contributed by atoms with E-state index in [1.807, 2.05) is 0 Å². The van der Waals surface area contributed by atoms with Gasteiger partial charge in [-0.15, -0.1) is 0 Å². The second-order valence-corrected chi connectivity index (χ2v) is 5.87. The molecule has 0 amide bonds. The minimum absolute atomic E-state index is 0.0297. The predicted octanol–water partition coefficient (Wildman–Crippen LogP) is 3.27. The number of hydrogen-bond acceptors (Lipinski definition) is 5. The van der Waals surface area contributed by atoms with Gasteiger partial charge in [0.25, 0.3) is 0 Å². The zero-order chi connectivity index (χ0) is 18.0. The summed E-state index contributed by atoms with van der Waals surface area (Å²) in [5, 5.41) is 0. The molecule has 1 aromatic heterocycles. The highest BCUT2D eigenvalue weighted by molar-refractivity contribution is 5.90.